The van der Waals surface area contributed by atoms with E-state index in [1.54, 1.807) is 44.3 Å². The number of aromatic amines is 2. The summed E-state index contributed by atoms with van der Waals surface area (Å²) in [7, 11) is 1.35. The van der Waals surface area contributed by atoms with Crippen LogP contribution >= 0.6 is 0 Å². The van der Waals surface area contributed by atoms with E-state index in [1.807, 2.05) is 17.1 Å². The van der Waals surface area contributed by atoms with Crippen LogP contribution < -0.4 is 38.2 Å². The predicted octanol–water partition coefficient (Wildman–Crippen LogP) is -0.757. The lowest BCUT2D eigenvalue weighted by Crippen LogP contribution is -2.63. The Morgan fingerprint density at radius 2 is 1.69 bits per heavy atom. The Morgan fingerprint density at radius 3 is 2.37 bits per heavy atom. The summed E-state index contributed by atoms with van der Waals surface area (Å²) in [5, 5.41) is 52.1. The summed E-state index contributed by atoms with van der Waals surface area (Å²) < 4.78 is 6.40. The molecule has 5 amide bonds. The van der Waals surface area contributed by atoms with Gasteiger partial charge in [-0.15, -0.1) is 0 Å². The molecule has 1 aliphatic rings. The number of carbonyl (C=O) groups is 5. The molecule has 2 aromatic carbocycles. The molecular formula is C41H51N9O12. The number of nitrogens with two attached hydrogens (primary N) is 1. The number of carbonyl (C=O) groups excluding carboxylic acids is 4. The van der Waals surface area contributed by atoms with Crippen molar-refractivity contribution in [2.24, 2.45) is 11.7 Å². The van der Waals surface area contributed by atoms with Gasteiger partial charge in [0.1, 0.15) is 41.8 Å². The van der Waals surface area contributed by atoms with Gasteiger partial charge in [-0.25, -0.2) is 14.4 Å². The number of phenolic OH excluding ortho intramolecular Hbond substituents is 1. The molecule has 5 rings (SSSR count). The highest BCUT2D eigenvalue weighted by molar-refractivity contribution is 5.94. The number of nitrogens with one attached hydrogen (secondary N) is 6. The molecule has 0 bridgehead atoms. The van der Waals surface area contributed by atoms with Gasteiger partial charge in [0.25, 0.3) is 5.56 Å². The molecule has 332 valence electrons. The first-order valence-corrected chi connectivity index (χ1v) is 19.7. The quantitative estimate of drug-likeness (QED) is 0.0623. The number of rotatable bonds is 17. The SMILES string of the molecule is CC[C@H](C)[C@H](NC(=O)N[C@@H](Cc1c[nH]c2ccccc12)C(=O)O)C(=O)N[C@H](C(=O)N/C=C1\O[C@@H](n2ccc(=O)[nH]c2=O)[C@H](O)[C@@H]1O)[C@H](C)N(C)C(=O)[C@@H](N)Cc1cccc(O)c1. The summed E-state index contributed by atoms with van der Waals surface area (Å²) in [6.45, 7) is 4.84. The Bertz CT molecular complexity index is 2430. The molecular weight excluding hydrogens is 811 g/mol. The van der Waals surface area contributed by atoms with Gasteiger partial charge < -0.3 is 62.0 Å². The van der Waals surface area contributed by atoms with Gasteiger partial charge in [0.2, 0.25) is 23.9 Å². The van der Waals surface area contributed by atoms with Crippen LogP contribution in [-0.2, 0) is 36.8 Å². The molecule has 62 heavy (non-hydrogen) atoms. The number of para-hydroxylation sites is 1. The number of aliphatic hydroxyl groups excluding tert-OH is 2. The smallest absolute Gasteiger partial charge is 0.331 e. The lowest BCUT2D eigenvalue weighted by atomic mass is 9.97. The van der Waals surface area contributed by atoms with E-state index < -0.39 is 101 Å². The highest BCUT2D eigenvalue weighted by Gasteiger charge is 2.42. The summed E-state index contributed by atoms with van der Waals surface area (Å²) in [5.41, 5.74) is 6.57. The van der Waals surface area contributed by atoms with Gasteiger partial charge in [0, 0.05) is 49.0 Å². The number of ether oxygens (including phenoxy) is 1. The molecule has 0 saturated carbocycles. The van der Waals surface area contributed by atoms with Crippen LogP contribution in [0.5, 0.6) is 5.75 Å². The van der Waals surface area contributed by atoms with Crippen molar-refractivity contribution in [3.63, 3.8) is 0 Å². The van der Waals surface area contributed by atoms with Crippen molar-refractivity contribution in [3.8, 4) is 5.75 Å². The molecule has 0 spiro atoms. The van der Waals surface area contributed by atoms with Crippen LogP contribution in [0.2, 0.25) is 0 Å². The zero-order valence-corrected chi connectivity index (χ0v) is 34.3. The van der Waals surface area contributed by atoms with Crippen molar-refractivity contribution < 1.29 is 49.1 Å². The largest absolute Gasteiger partial charge is 0.508 e. The Hall–Kier alpha value is -6.97. The van der Waals surface area contributed by atoms with Crippen molar-refractivity contribution in [1.82, 2.24) is 40.7 Å². The molecule has 1 aliphatic heterocycles. The minimum absolute atomic E-state index is 0.00346. The molecule has 1 saturated heterocycles. The average molecular weight is 862 g/mol. The maximum atomic E-state index is 14.2. The molecule has 3 heterocycles. The van der Waals surface area contributed by atoms with E-state index in [-0.39, 0.29) is 18.6 Å². The van der Waals surface area contributed by atoms with Gasteiger partial charge in [0.05, 0.1) is 12.1 Å². The van der Waals surface area contributed by atoms with Crippen LogP contribution in [0.3, 0.4) is 0 Å². The van der Waals surface area contributed by atoms with Gasteiger partial charge in [-0.1, -0.05) is 50.6 Å². The van der Waals surface area contributed by atoms with E-state index in [9.17, 15) is 54.0 Å². The minimum Gasteiger partial charge on any atom is -0.508 e. The standard InChI is InChI=1S/C41H51N9O12/c1-5-20(2)31(48-40(60)45-28(39(58)59)17-23-18-43-27-12-7-6-11-25(23)27)36(56)47-32(21(3)49(4)37(57)26(42)16-22-9-8-10-24(51)15-22)35(55)44-19-29-33(53)34(54)38(62-29)50-14-13-30(52)46-41(50)61/h6-15,18-21,26,28,31-34,38,43,51,53-54H,5,16-17,42H2,1-4H3,(H,44,55)(H,47,56)(H,58,59)(H2,45,48,60)(H,46,52,61)/b29-19-/t20-,21-,26-,28-,31-,32-,33+,34+,38+/m0/s1. The van der Waals surface area contributed by atoms with E-state index in [0.29, 0.717) is 17.5 Å². The summed E-state index contributed by atoms with van der Waals surface area (Å²) in [6.07, 6.45) is -1.18. The minimum atomic E-state index is -1.77. The van der Waals surface area contributed by atoms with E-state index in [4.69, 9.17) is 10.5 Å². The van der Waals surface area contributed by atoms with E-state index in [2.05, 4.69) is 26.3 Å². The maximum absolute atomic E-state index is 14.2. The fourth-order valence-corrected chi connectivity index (χ4v) is 6.93. The van der Waals surface area contributed by atoms with Crippen LogP contribution in [0.25, 0.3) is 10.9 Å². The number of fused-ring (bicyclic) bond motifs is 1. The molecule has 0 unspecified atom stereocenters. The Morgan fingerprint density at radius 1 is 0.968 bits per heavy atom. The van der Waals surface area contributed by atoms with E-state index >= 15 is 0 Å². The van der Waals surface area contributed by atoms with E-state index in [0.717, 1.165) is 38.8 Å². The van der Waals surface area contributed by atoms with Gasteiger partial charge >= 0.3 is 17.7 Å². The van der Waals surface area contributed by atoms with Crippen molar-refractivity contribution in [2.75, 3.05) is 7.05 Å². The first-order chi connectivity index (χ1) is 29.4. The normalized spacial score (nSPS) is 19.6. The number of nitrogens with zero attached hydrogens (tertiary/aromatic N) is 2. The van der Waals surface area contributed by atoms with Crippen LogP contribution in [0.15, 0.2) is 88.5 Å². The number of benzene rings is 2. The first-order valence-electron chi connectivity index (χ1n) is 19.7. The van der Waals surface area contributed by atoms with Crippen molar-refractivity contribution in [1.29, 1.82) is 0 Å². The van der Waals surface area contributed by atoms with Crippen molar-refractivity contribution in [2.45, 2.75) is 88.7 Å². The lowest BCUT2D eigenvalue weighted by molar-refractivity contribution is -0.139. The monoisotopic (exact) mass is 861 g/mol. The zero-order chi connectivity index (χ0) is 45.4. The van der Waals surface area contributed by atoms with Gasteiger partial charge in [0.15, 0.2) is 0 Å². The molecule has 2 aromatic heterocycles. The summed E-state index contributed by atoms with van der Waals surface area (Å²) in [4.78, 5) is 97.7. The van der Waals surface area contributed by atoms with Crippen LogP contribution in [-0.4, -0.2) is 119 Å². The third-order valence-corrected chi connectivity index (χ3v) is 10.8. The van der Waals surface area contributed by atoms with Crippen LogP contribution in [0.1, 0.15) is 44.5 Å². The number of hydrogen-bond acceptors (Lipinski definition) is 12. The molecule has 21 heteroatoms. The molecule has 0 aliphatic carbocycles. The number of hydrogen-bond donors (Lipinski definition) is 11. The molecule has 4 aromatic rings. The summed E-state index contributed by atoms with van der Waals surface area (Å²) in [6, 6.07) is 6.71. The fraction of sp³-hybridized carbons (Fsp3) is 0.390. The summed E-state index contributed by atoms with van der Waals surface area (Å²) >= 11 is 0. The number of phenols is 1. The number of H-pyrrole nitrogens is 2. The predicted molar refractivity (Wildman–Crippen MR) is 222 cm³/mol. The number of aromatic nitrogens is 3. The highest BCUT2D eigenvalue weighted by Crippen LogP contribution is 2.30. The molecule has 12 N–H and O–H groups in total. The second-order valence-corrected chi connectivity index (χ2v) is 15.1. The molecule has 9 atom stereocenters. The van der Waals surface area contributed by atoms with Crippen LogP contribution in [0.4, 0.5) is 4.79 Å². The summed E-state index contributed by atoms with van der Waals surface area (Å²) in [5.74, 6) is -4.84. The van der Waals surface area contributed by atoms with Gasteiger partial charge in [-0.3, -0.25) is 28.7 Å². The molecule has 0 radical (unpaired) electrons. The topological polar surface area (TPSA) is 324 Å². The first kappa shape index (κ1) is 46.1. The molecule has 1 fully saturated rings. The maximum Gasteiger partial charge on any atom is 0.331 e. The average Bonchev–Trinajstić information content (AvgIpc) is 3.77. The fourth-order valence-electron chi connectivity index (χ4n) is 6.93. The highest BCUT2D eigenvalue weighted by atomic mass is 16.6. The van der Waals surface area contributed by atoms with Gasteiger partial charge in [-0.05, 0) is 48.6 Å². The second kappa shape index (κ2) is 20.1. The second-order valence-electron chi connectivity index (χ2n) is 15.1. The van der Waals surface area contributed by atoms with Crippen molar-refractivity contribution in [3.05, 3.63) is 111 Å². The number of carboxylic acids is 1. The number of likely N-dealkylation sites (N-methyl/N-ethyl adjacent to an activating group) is 1. The molecule has 21 nitrogen and oxygen atoms in total. The van der Waals surface area contributed by atoms with E-state index in [1.165, 1.54) is 26.1 Å². The number of aliphatic hydroxyl groups is 2. The number of aromatic hydroxyl groups is 1. The third kappa shape index (κ3) is 10.8. The number of amides is 5. The zero-order valence-electron chi connectivity index (χ0n) is 34.3. The number of carboxylic acid groups (broad SMARTS) is 1. The Labute approximate surface area is 354 Å². The van der Waals surface area contributed by atoms with Gasteiger partial charge in [-0.2, -0.15) is 0 Å². The lowest BCUT2D eigenvalue weighted by Gasteiger charge is -2.34. The third-order valence-electron chi connectivity index (χ3n) is 10.8. The number of aliphatic carboxylic acids is 1. The van der Waals surface area contributed by atoms with Crippen LogP contribution in [0, 0.1) is 5.92 Å². The Kier molecular flexibility index (Phi) is 14.9. The van der Waals surface area contributed by atoms with Crippen molar-refractivity contribution >= 4 is 40.6 Å². The Balaban J connectivity index is 1.37. The number of urea groups is 1.